The Labute approximate surface area is 158 Å². The van der Waals surface area contributed by atoms with E-state index in [4.69, 9.17) is 4.98 Å². The van der Waals surface area contributed by atoms with Crippen LogP contribution in [0.1, 0.15) is 61.4 Å². The van der Waals surface area contributed by atoms with Gasteiger partial charge in [0.15, 0.2) is 0 Å². The second kappa shape index (κ2) is 8.22. The smallest absolute Gasteiger partial charge is 0.128 e. The molecule has 0 spiro atoms. The Balaban J connectivity index is 1.54. The number of piperidine rings is 2. The van der Waals surface area contributed by atoms with Crippen LogP contribution in [0.25, 0.3) is 0 Å². The molecule has 0 amide bonds. The van der Waals surface area contributed by atoms with Crippen LogP contribution >= 0.6 is 0 Å². The van der Waals surface area contributed by atoms with Crippen LogP contribution in [0.4, 0.5) is 5.82 Å². The zero-order valence-electron chi connectivity index (χ0n) is 16.0. The lowest BCUT2D eigenvalue weighted by Crippen LogP contribution is -2.34. The van der Waals surface area contributed by atoms with Gasteiger partial charge < -0.3 is 4.90 Å². The summed E-state index contributed by atoms with van der Waals surface area (Å²) in [4.78, 5) is 10.1. The summed E-state index contributed by atoms with van der Waals surface area (Å²) in [7, 11) is 0. The van der Waals surface area contributed by atoms with Crippen LogP contribution in [-0.2, 0) is 6.54 Å². The second-order valence-corrected chi connectivity index (χ2v) is 7.86. The third kappa shape index (κ3) is 3.93. The Morgan fingerprint density at radius 3 is 2.42 bits per heavy atom. The second-order valence-electron chi connectivity index (χ2n) is 7.86. The first-order valence-corrected chi connectivity index (χ1v) is 10.3. The highest BCUT2D eigenvalue weighted by molar-refractivity contribution is 5.43. The van der Waals surface area contributed by atoms with Gasteiger partial charge in [-0.05, 0) is 62.8 Å². The van der Waals surface area contributed by atoms with E-state index in [0.29, 0.717) is 6.04 Å². The first-order valence-electron chi connectivity index (χ1n) is 10.3. The molecule has 0 aliphatic carbocycles. The van der Waals surface area contributed by atoms with Gasteiger partial charge in [-0.15, -0.1) is 0 Å². The molecule has 0 bridgehead atoms. The minimum atomic E-state index is 0.506. The van der Waals surface area contributed by atoms with E-state index in [1.165, 1.54) is 67.7 Å². The lowest BCUT2D eigenvalue weighted by molar-refractivity contribution is 0.139. The predicted molar refractivity (Wildman–Crippen MR) is 108 cm³/mol. The average molecular weight is 350 g/mol. The Morgan fingerprint density at radius 2 is 1.65 bits per heavy atom. The number of aryl methyl sites for hydroxylation is 1. The largest absolute Gasteiger partial charge is 0.357 e. The van der Waals surface area contributed by atoms with Crippen molar-refractivity contribution in [2.75, 3.05) is 24.5 Å². The van der Waals surface area contributed by atoms with Gasteiger partial charge >= 0.3 is 0 Å². The molecule has 3 heterocycles. The summed E-state index contributed by atoms with van der Waals surface area (Å²) in [5, 5.41) is 0. The zero-order valence-corrected chi connectivity index (χ0v) is 16.0. The van der Waals surface area contributed by atoms with Crippen LogP contribution in [0.3, 0.4) is 0 Å². The third-order valence-corrected chi connectivity index (χ3v) is 5.99. The summed E-state index contributed by atoms with van der Waals surface area (Å²) >= 11 is 0. The lowest BCUT2D eigenvalue weighted by Gasteiger charge is -2.37. The number of anilines is 1. The van der Waals surface area contributed by atoms with Crippen molar-refractivity contribution in [1.82, 2.24) is 9.88 Å². The molecule has 2 fully saturated rings. The van der Waals surface area contributed by atoms with Crippen LogP contribution in [0, 0.1) is 6.92 Å². The minimum absolute atomic E-state index is 0.506. The van der Waals surface area contributed by atoms with E-state index in [1.807, 2.05) is 0 Å². The van der Waals surface area contributed by atoms with Gasteiger partial charge in [0.05, 0.1) is 0 Å². The molecule has 0 radical (unpaired) electrons. The van der Waals surface area contributed by atoms with E-state index in [9.17, 15) is 0 Å². The summed E-state index contributed by atoms with van der Waals surface area (Å²) in [6.45, 7) is 6.76. The van der Waals surface area contributed by atoms with Crippen LogP contribution in [0.15, 0.2) is 42.5 Å². The topological polar surface area (TPSA) is 19.4 Å². The number of hydrogen-bond donors (Lipinski definition) is 0. The van der Waals surface area contributed by atoms with E-state index in [2.05, 4.69) is 59.2 Å². The molecule has 3 heteroatoms. The fourth-order valence-electron chi connectivity index (χ4n) is 4.56. The van der Waals surface area contributed by atoms with E-state index in [-0.39, 0.29) is 0 Å². The summed E-state index contributed by atoms with van der Waals surface area (Å²) in [5.41, 5.74) is 4.06. The molecule has 3 nitrogen and oxygen atoms in total. The van der Waals surface area contributed by atoms with Crippen molar-refractivity contribution >= 4 is 5.82 Å². The summed E-state index contributed by atoms with van der Waals surface area (Å²) in [6.07, 6.45) is 7.85. The highest BCUT2D eigenvalue weighted by Crippen LogP contribution is 2.34. The molecule has 1 unspecified atom stereocenters. The van der Waals surface area contributed by atoms with Crippen molar-refractivity contribution in [1.29, 1.82) is 0 Å². The molecule has 138 valence electrons. The molecule has 0 N–H and O–H groups in total. The van der Waals surface area contributed by atoms with Crippen molar-refractivity contribution in [3.8, 4) is 0 Å². The van der Waals surface area contributed by atoms with E-state index < -0.39 is 0 Å². The molecule has 2 aliphatic rings. The standard InChI is InChI=1S/C23H31N3/c1-19-21(13-14-23(24-19)25-15-7-3-8-16-25)22-12-6-9-17-26(22)18-20-10-4-2-5-11-20/h2,4-5,10-11,13-14,22H,3,6-9,12,15-18H2,1H3. The summed E-state index contributed by atoms with van der Waals surface area (Å²) in [6, 6.07) is 16.0. The van der Waals surface area contributed by atoms with Crippen molar-refractivity contribution in [2.24, 2.45) is 0 Å². The van der Waals surface area contributed by atoms with Crippen LogP contribution in [0.5, 0.6) is 0 Å². The van der Waals surface area contributed by atoms with Crippen LogP contribution in [0.2, 0.25) is 0 Å². The normalized spacial score (nSPS) is 21.7. The maximum atomic E-state index is 5.01. The fraction of sp³-hybridized carbons (Fsp3) is 0.522. The number of aromatic nitrogens is 1. The van der Waals surface area contributed by atoms with Gasteiger partial charge in [0.2, 0.25) is 0 Å². The van der Waals surface area contributed by atoms with Gasteiger partial charge in [-0.1, -0.05) is 42.8 Å². The van der Waals surface area contributed by atoms with Gasteiger partial charge in [-0.2, -0.15) is 0 Å². The van der Waals surface area contributed by atoms with Crippen LogP contribution < -0.4 is 4.90 Å². The highest BCUT2D eigenvalue weighted by Gasteiger charge is 2.26. The SMILES string of the molecule is Cc1nc(N2CCCCC2)ccc1C1CCCCN1Cc1ccccc1. The number of rotatable bonds is 4. The van der Waals surface area contributed by atoms with Gasteiger partial charge in [-0.25, -0.2) is 4.98 Å². The monoisotopic (exact) mass is 349 g/mol. The quantitative estimate of drug-likeness (QED) is 0.765. The minimum Gasteiger partial charge on any atom is -0.357 e. The zero-order chi connectivity index (χ0) is 17.8. The number of likely N-dealkylation sites (tertiary alicyclic amines) is 1. The molecular weight excluding hydrogens is 318 g/mol. The van der Waals surface area contributed by atoms with Crippen LogP contribution in [-0.4, -0.2) is 29.5 Å². The molecule has 1 aromatic carbocycles. The summed E-state index contributed by atoms with van der Waals surface area (Å²) < 4.78 is 0. The Kier molecular flexibility index (Phi) is 5.54. The number of hydrogen-bond acceptors (Lipinski definition) is 3. The molecule has 1 aromatic heterocycles. The van der Waals surface area contributed by atoms with Gasteiger partial charge in [0.1, 0.15) is 5.82 Å². The molecule has 26 heavy (non-hydrogen) atoms. The van der Waals surface area contributed by atoms with Gasteiger partial charge in [0, 0.05) is 31.4 Å². The van der Waals surface area contributed by atoms with E-state index >= 15 is 0 Å². The molecular formula is C23H31N3. The number of benzene rings is 1. The summed E-state index contributed by atoms with van der Waals surface area (Å²) in [5.74, 6) is 1.18. The lowest BCUT2D eigenvalue weighted by atomic mass is 9.93. The molecule has 1 atom stereocenters. The first kappa shape index (κ1) is 17.5. The molecule has 2 aromatic rings. The fourth-order valence-corrected chi connectivity index (χ4v) is 4.56. The Bertz CT molecular complexity index is 707. The molecule has 2 aliphatic heterocycles. The van der Waals surface area contributed by atoms with E-state index in [1.54, 1.807) is 0 Å². The number of pyridine rings is 1. The molecule has 2 saturated heterocycles. The predicted octanol–water partition coefficient (Wildman–Crippen LogP) is 5.11. The Morgan fingerprint density at radius 1 is 0.885 bits per heavy atom. The van der Waals surface area contributed by atoms with Gasteiger partial charge in [0.25, 0.3) is 0 Å². The van der Waals surface area contributed by atoms with E-state index in [0.717, 1.165) is 19.6 Å². The van der Waals surface area contributed by atoms with Crippen molar-refractivity contribution in [2.45, 2.75) is 58.0 Å². The van der Waals surface area contributed by atoms with Crippen molar-refractivity contribution in [3.63, 3.8) is 0 Å². The molecule has 0 saturated carbocycles. The number of nitrogens with zero attached hydrogens (tertiary/aromatic N) is 3. The molecule has 4 rings (SSSR count). The maximum absolute atomic E-state index is 5.01. The maximum Gasteiger partial charge on any atom is 0.128 e. The van der Waals surface area contributed by atoms with Crippen molar-refractivity contribution < 1.29 is 0 Å². The first-order chi connectivity index (χ1) is 12.8. The van der Waals surface area contributed by atoms with Gasteiger partial charge in [-0.3, -0.25) is 4.90 Å². The average Bonchev–Trinajstić information content (AvgIpc) is 2.70. The highest BCUT2D eigenvalue weighted by atomic mass is 15.2. The third-order valence-electron chi connectivity index (χ3n) is 5.99. The van der Waals surface area contributed by atoms with Crippen molar-refractivity contribution in [3.05, 3.63) is 59.3 Å². The Hall–Kier alpha value is -1.87.